The lowest BCUT2D eigenvalue weighted by atomic mass is 9.84. The van der Waals surface area contributed by atoms with Crippen molar-refractivity contribution in [3.05, 3.63) is 35.9 Å². The van der Waals surface area contributed by atoms with Crippen molar-refractivity contribution in [2.45, 2.75) is 58.8 Å². The highest BCUT2D eigenvalue weighted by Crippen LogP contribution is 2.31. The molecule has 0 saturated heterocycles. The van der Waals surface area contributed by atoms with Gasteiger partial charge in [0.1, 0.15) is 0 Å². The third-order valence-electron chi connectivity index (χ3n) is 2.88. The summed E-state index contributed by atoms with van der Waals surface area (Å²) in [6.07, 6.45) is 7.12. The molecule has 0 amide bonds. The monoisotopic (exact) mass is 218 g/mol. The molecule has 0 atom stereocenters. The van der Waals surface area contributed by atoms with Crippen LogP contribution in [0.1, 0.15) is 64.4 Å². The van der Waals surface area contributed by atoms with Crippen molar-refractivity contribution >= 4 is 0 Å². The lowest BCUT2D eigenvalue weighted by Gasteiger charge is -2.21. The van der Waals surface area contributed by atoms with E-state index in [0.29, 0.717) is 0 Å². The molecular formula is C16H26. The first kappa shape index (κ1) is 13.3. The summed E-state index contributed by atoms with van der Waals surface area (Å²) < 4.78 is 0. The molecule has 1 saturated carbocycles. The van der Waals surface area contributed by atoms with E-state index in [1.54, 1.807) is 5.56 Å². The molecular weight excluding hydrogens is 192 g/mol. The van der Waals surface area contributed by atoms with Crippen molar-refractivity contribution in [1.82, 2.24) is 0 Å². The molecule has 0 heteroatoms. The molecule has 0 radical (unpaired) electrons. The van der Waals surface area contributed by atoms with E-state index in [0.717, 1.165) is 11.8 Å². The fourth-order valence-corrected chi connectivity index (χ4v) is 2.16. The van der Waals surface area contributed by atoms with Crippen molar-refractivity contribution in [3.8, 4) is 0 Å². The first-order valence-corrected chi connectivity index (χ1v) is 6.75. The van der Waals surface area contributed by atoms with Gasteiger partial charge >= 0.3 is 0 Å². The van der Waals surface area contributed by atoms with Gasteiger partial charge in [0.25, 0.3) is 0 Å². The topological polar surface area (TPSA) is 0 Å². The quantitative estimate of drug-likeness (QED) is 0.592. The maximum Gasteiger partial charge on any atom is -0.0162 e. The van der Waals surface area contributed by atoms with Gasteiger partial charge in [-0.1, -0.05) is 70.4 Å². The minimum absolute atomic E-state index is 0.833. The van der Waals surface area contributed by atoms with Crippen LogP contribution in [0.3, 0.4) is 0 Å². The molecule has 1 aliphatic rings. The van der Waals surface area contributed by atoms with E-state index in [2.05, 4.69) is 51.1 Å². The number of rotatable bonds is 1. The van der Waals surface area contributed by atoms with Crippen LogP contribution >= 0.6 is 0 Å². The summed E-state index contributed by atoms with van der Waals surface area (Å²) in [6.45, 7) is 6.50. The molecule has 0 bridgehead atoms. The normalized spacial score (nSPS) is 16.8. The van der Waals surface area contributed by atoms with E-state index in [-0.39, 0.29) is 0 Å². The smallest absolute Gasteiger partial charge is 0.0162 e. The molecule has 1 aliphatic carbocycles. The lowest BCUT2D eigenvalue weighted by molar-refractivity contribution is 0.443. The predicted molar refractivity (Wildman–Crippen MR) is 72.8 cm³/mol. The fourth-order valence-electron chi connectivity index (χ4n) is 2.16. The van der Waals surface area contributed by atoms with Crippen LogP contribution < -0.4 is 0 Å². The van der Waals surface area contributed by atoms with Crippen LogP contribution in [-0.4, -0.2) is 0 Å². The second-order valence-corrected chi connectivity index (χ2v) is 5.48. The zero-order valence-electron chi connectivity index (χ0n) is 11.1. The van der Waals surface area contributed by atoms with Gasteiger partial charge in [0.05, 0.1) is 0 Å². The van der Waals surface area contributed by atoms with Crippen LogP contribution in [0.2, 0.25) is 0 Å². The second kappa shape index (κ2) is 7.49. The summed E-state index contributed by atoms with van der Waals surface area (Å²) in [5, 5.41) is 0. The summed E-state index contributed by atoms with van der Waals surface area (Å²) in [5.41, 5.74) is 1.55. The van der Waals surface area contributed by atoms with Gasteiger partial charge in [0.15, 0.2) is 0 Å². The summed E-state index contributed by atoms with van der Waals surface area (Å²) in [5.74, 6) is 1.69. The van der Waals surface area contributed by atoms with Crippen molar-refractivity contribution < 1.29 is 0 Å². The molecule has 0 N–H and O–H groups in total. The molecule has 0 spiro atoms. The molecule has 0 aliphatic heterocycles. The minimum atomic E-state index is 0.833. The van der Waals surface area contributed by atoms with E-state index in [4.69, 9.17) is 0 Å². The van der Waals surface area contributed by atoms with Crippen molar-refractivity contribution in [2.24, 2.45) is 5.92 Å². The maximum atomic E-state index is 2.27. The Hall–Kier alpha value is -0.780. The van der Waals surface area contributed by atoms with Gasteiger partial charge < -0.3 is 0 Å². The van der Waals surface area contributed by atoms with Gasteiger partial charge in [-0.3, -0.25) is 0 Å². The average Bonchev–Trinajstić information content (AvgIpc) is 2.31. The van der Waals surface area contributed by atoms with Crippen LogP contribution in [0.4, 0.5) is 0 Å². The summed E-state index contributed by atoms with van der Waals surface area (Å²) in [6, 6.07) is 11.0. The Morgan fingerprint density at radius 2 is 1.38 bits per heavy atom. The van der Waals surface area contributed by atoms with E-state index in [1.807, 2.05) is 0 Å². The van der Waals surface area contributed by atoms with Gasteiger partial charge in [0, 0.05) is 0 Å². The lowest BCUT2D eigenvalue weighted by Crippen LogP contribution is -2.03. The Bertz CT molecular complexity index is 252. The molecule has 1 aromatic carbocycles. The Morgan fingerprint density at radius 3 is 1.88 bits per heavy atom. The standard InChI is InChI=1S/C12H16.C4H10/c1-3-7-11(8-4-1)12-9-5-2-6-10-12;1-4(2)3/h1,3-4,7-8,12H,2,5-6,9-10H2;4H,1-3H3. The Balaban J connectivity index is 0.000000280. The van der Waals surface area contributed by atoms with Gasteiger partial charge in [-0.05, 0) is 30.2 Å². The average molecular weight is 218 g/mol. The predicted octanol–water partition coefficient (Wildman–Crippen LogP) is 5.40. The third kappa shape index (κ3) is 5.34. The highest BCUT2D eigenvalue weighted by atomic mass is 14.2. The molecule has 0 heterocycles. The molecule has 1 fully saturated rings. The maximum absolute atomic E-state index is 2.27. The largest absolute Gasteiger partial charge is 0.0630 e. The minimum Gasteiger partial charge on any atom is -0.0630 e. The third-order valence-corrected chi connectivity index (χ3v) is 2.88. The van der Waals surface area contributed by atoms with E-state index in [1.165, 1.54) is 32.1 Å². The molecule has 0 unspecified atom stereocenters. The van der Waals surface area contributed by atoms with Crippen LogP contribution in [0.15, 0.2) is 30.3 Å². The van der Waals surface area contributed by atoms with Gasteiger partial charge in [-0.25, -0.2) is 0 Å². The fraction of sp³-hybridized carbons (Fsp3) is 0.625. The Kier molecular flexibility index (Phi) is 6.22. The molecule has 0 nitrogen and oxygen atoms in total. The second-order valence-electron chi connectivity index (χ2n) is 5.48. The molecule has 16 heavy (non-hydrogen) atoms. The summed E-state index contributed by atoms with van der Waals surface area (Å²) >= 11 is 0. The number of benzene rings is 1. The van der Waals surface area contributed by atoms with Crippen LogP contribution in [0, 0.1) is 5.92 Å². The molecule has 1 aromatic rings. The van der Waals surface area contributed by atoms with Gasteiger partial charge in [0.2, 0.25) is 0 Å². The Morgan fingerprint density at radius 1 is 0.875 bits per heavy atom. The SMILES string of the molecule is CC(C)C.c1ccc(C2CCCCC2)cc1. The first-order chi connectivity index (χ1) is 7.70. The Labute approximate surface area is 101 Å². The molecule has 90 valence electrons. The summed E-state index contributed by atoms with van der Waals surface area (Å²) in [7, 11) is 0. The van der Waals surface area contributed by atoms with Crippen LogP contribution in [-0.2, 0) is 0 Å². The van der Waals surface area contributed by atoms with Crippen LogP contribution in [0.5, 0.6) is 0 Å². The van der Waals surface area contributed by atoms with Gasteiger partial charge in [-0.15, -0.1) is 0 Å². The number of hydrogen-bond acceptors (Lipinski definition) is 0. The molecule has 2 rings (SSSR count). The van der Waals surface area contributed by atoms with Gasteiger partial charge in [-0.2, -0.15) is 0 Å². The number of hydrogen-bond donors (Lipinski definition) is 0. The highest BCUT2D eigenvalue weighted by molar-refractivity contribution is 5.19. The highest BCUT2D eigenvalue weighted by Gasteiger charge is 2.14. The molecule has 0 aromatic heterocycles. The zero-order valence-corrected chi connectivity index (χ0v) is 11.1. The zero-order chi connectivity index (χ0) is 11.8. The van der Waals surface area contributed by atoms with E-state index in [9.17, 15) is 0 Å². The van der Waals surface area contributed by atoms with E-state index >= 15 is 0 Å². The van der Waals surface area contributed by atoms with E-state index < -0.39 is 0 Å². The van der Waals surface area contributed by atoms with Crippen molar-refractivity contribution in [3.63, 3.8) is 0 Å². The van der Waals surface area contributed by atoms with Crippen LogP contribution in [0.25, 0.3) is 0 Å². The first-order valence-electron chi connectivity index (χ1n) is 6.75. The van der Waals surface area contributed by atoms with Crippen molar-refractivity contribution in [2.75, 3.05) is 0 Å². The van der Waals surface area contributed by atoms with Crippen molar-refractivity contribution in [1.29, 1.82) is 0 Å². The summed E-state index contributed by atoms with van der Waals surface area (Å²) in [4.78, 5) is 0.